The van der Waals surface area contributed by atoms with Gasteiger partial charge in [0, 0.05) is 0 Å². The van der Waals surface area contributed by atoms with Gasteiger partial charge < -0.3 is 28.1 Å². The molecule has 0 aliphatic carbocycles. The van der Waals surface area contributed by atoms with E-state index in [2.05, 4.69) is 76.3 Å². The Morgan fingerprint density at radius 3 is 0.488 bits per heavy atom. The molecule has 17 heteroatoms. The van der Waals surface area contributed by atoms with Crippen LogP contribution in [-0.2, 0) is 39.2 Å². The molecule has 0 amide bonds. The van der Waals surface area contributed by atoms with Crippen LogP contribution in [0.25, 0.3) is 0 Å². The molecule has 0 heterocycles. The Bertz CT molecular complexity index is 3020. The molecule has 0 unspecified atom stereocenters. The fourth-order valence-corrected chi connectivity index (χ4v) is 17.7. The number of allylic oxidation sites excluding steroid dienone is 8. The van der Waals surface area contributed by atoms with Crippen molar-refractivity contribution in [2.24, 2.45) is 0 Å². The molecule has 0 aliphatic heterocycles. The van der Waals surface area contributed by atoms with E-state index in [0.717, 1.165) is 127 Å². The van der Waals surface area contributed by atoms with E-state index in [0.29, 0.717) is 25.7 Å². The molecule has 0 spiro atoms. The summed E-state index contributed by atoms with van der Waals surface area (Å²) in [5, 5.41) is 0. The van der Waals surface area contributed by atoms with Gasteiger partial charge in [0.2, 0.25) is 0 Å². The van der Waals surface area contributed by atoms with Crippen molar-refractivity contribution in [2.75, 3.05) is 26.4 Å². The molecule has 0 aliphatic rings. The Morgan fingerprint density at radius 1 is 0.209 bits per heavy atom. The number of hydrogen-bond donors (Lipinski definition) is 0. The minimum absolute atomic E-state index is 0. The minimum atomic E-state index is -4.83. The number of benzene rings is 2. The normalized spacial score (nSPS) is 11.8. The number of unbranched alkanes of at least 4 members (excludes halogenated alkanes) is 72. The van der Waals surface area contributed by atoms with Gasteiger partial charge in [-0.15, -0.1) is 0 Å². The Balaban J connectivity index is 0.00000252. The van der Waals surface area contributed by atoms with Gasteiger partial charge in [0.25, 0.3) is 0 Å². The quantitative estimate of drug-likeness (QED) is 0.0150. The fourth-order valence-electron chi connectivity index (χ4n) is 16.7. The third kappa shape index (κ3) is 82.4. The first-order chi connectivity index (χ1) is 62.6. The van der Waals surface area contributed by atoms with Crippen molar-refractivity contribution in [3.8, 4) is 0 Å². The number of ether oxygens (including phenoxy) is 4. The van der Waals surface area contributed by atoms with Gasteiger partial charge in [0.15, 0.2) is 0 Å². The van der Waals surface area contributed by atoms with Crippen molar-refractivity contribution in [3.05, 3.63) is 107 Å². The summed E-state index contributed by atoms with van der Waals surface area (Å²) in [7, 11) is -9.66. The van der Waals surface area contributed by atoms with Crippen molar-refractivity contribution in [2.45, 2.75) is 551 Å². The number of carbonyl (C=O) groups excluding carboxylic acids is 4. The molecule has 0 atom stereocenters. The first-order valence-electron chi connectivity index (χ1n) is 54.1. The van der Waals surface area contributed by atoms with E-state index >= 15 is 0 Å². The van der Waals surface area contributed by atoms with Gasteiger partial charge in [-0.3, -0.25) is 0 Å². The fraction of sp³-hybridized carbons (Fsp3) is 0.786. The van der Waals surface area contributed by atoms with Crippen LogP contribution in [0.3, 0.4) is 0 Å². The first-order valence-corrected chi connectivity index (χ1v) is 56.9. The maximum Gasteiger partial charge on any atom is 2.00 e. The molecule has 2 aromatic carbocycles. The van der Waals surface area contributed by atoms with Gasteiger partial charge in [0.05, 0.1) is 58.5 Å². The van der Waals surface area contributed by atoms with Crippen LogP contribution < -0.4 is 0 Å². The number of esters is 4. The molecule has 0 saturated heterocycles. The summed E-state index contributed by atoms with van der Waals surface area (Å²) >= 11 is 0. The number of hydrogen-bond acceptors (Lipinski definition) is 14. The van der Waals surface area contributed by atoms with Gasteiger partial charge in [0.1, 0.15) is 20.2 Å². The molecular formula is C112H194CaO14S2. The summed E-state index contributed by atoms with van der Waals surface area (Å²) in [5.74, 6) is -3.14. The molecule has 0 aromatic heterocycles. The Kier molecular flexibility index (Phi) is 93.3. The monoisotopic (exact) mass is 1870 g/mol. The predicted molar refractivity (Wildman–Crippen MR) is 544 cm³/mol. The SMILES string of the molecule is CCCCCCCCCCCCCCCCC/C=C/CCCCCOC(=O)c1ccc(S(=O)(=O)[O-])cc1C(=O)OCCCCC/C=C/CCCCCCCCCCCCCCCCC.CCCCCCCCCCCCCCCCC/C=C/CCCCCOC(=O)c1ccc(S(=O)(=O)[O-])cc1C(=O)OCCCCC/C=C/CCCCCCCCCCCCCCCCC.[Ca+2]. The topological polar surface area (TPSA) is 220 Å². The van der Waals surface area contributed by atoms with Crippen LogP contribution in [0.5, 0.6) is 0 Å². The van der Waals surface area contributed by atoms with Gasteiger partial charge in [-0.1, -0.05) is 436 Å². The van der Waals surface area contributed by atoms with E-state index in [1.165, 1.54) is 397 Å². The summed E-state index contributed by atoms with van der Waals surface area (Å²) < 4.78 is 92.0. The van der Waals surface area contributed by atoms with Crippen LogP contribution in [0.4, 0.5) is 0 Å². The van der Waals surface area contributed by atoms with E-state index in [9.17, 15) is 45.1 Å². The Labute approximate surface area is 824 Å². The molecule has 740 valence electrons. The van der Waals surface area contributed by atoms with Crippen molar-refractivity contribution in [3.63, 3.8) is 0 Å². The maximum absolute atomic E-state index is 13.0. The minimum Gasteiger partial charge on any atom is -0.744 e. The standard InChI is InChI=1S/2C56H98O7S.Ca/c2*1-3-5-7-9-11-13-15-17-19-21-23-25-27-29-31-33-35-37-39-41-43-45-49-62-55(57)53-48-47-52(64(59,60)61)51-54(53)56(58)63-50-46-44-42-40-38-36-34-32-30-28-26-24-22-20-18-16-14-12-10-8-6-4-2;/h2*35-38,47-48,51H,3-34,39-46,49-50H2,1-2H3,(H,59,60,61);/q;;+2/p-2/b2*37-35+,38-36+;. The third-order valence-electron chi connectivity index (χ3n) is 25.0. The molecule has 0 fully saturated rings. The summed E-state index contributed by atoms with van der Waals surface area (Å²) in [5.41, 5.74) is -0.720. The van der Waals surface area contributed by atoms with Crippen molar-refractivity contribution < 1.29 is 64.1 Å². The zero-order chi connectivity index (χ0) is 92.9. The van der Waals surface area contributed by atoms with Crippen molar-refractivity contribution >= 4 is 81.9 Å². The molecule has 14 nitrogen and oxygen atoms in total. The zero-order valence-corrected chi connectivity index (χ0v) is 87.6. The van der Waals surface area contributed by atoms with Crippen LogP contribution in [0, 0.1) is 0 Å². The molecule has 2 aromatic rings. The second kappa shape index (κ2) is 96.1. The van der Waals surface area contributed by atoms with Gasteiger partial charge in [-0.2, -0.15) is 0 Å². The summed E-state index contributed by atoms with van der Waals surface area (Å²) in [6.07, 6.45) is 119. The molecule has 0 bridgehead atoms. The van der Waals surface area contributed by atoms with E-state index in [1.54, 1.807) is 0 Å². The zero-order valence-electron chi connectivity index (χ0n) is 83.7. The van der Waals surface area contributed by atoms with Crippen LogP contribution in [0.15, 0.2) is 94.8 Å². The Hall–Kier alpha value is -3.64. The smallest absolute Gasteiger partial charge is 0.744 e. The van der Waals surface area contributed by atoms with E-state index in [1.807, 2.05) is 0 Å². The van der Waals surface area contributed by atoms with Gasteiger partial charge in [-0.25, -0.2) is 36.0 Å². The second-order valence-corrected chi connectivity index (χ2v) is 39.9. The molecule has 0 saturated carbocycles. The third-order valence-corrected chi connectivity index (χ3v) is 26.7. The first kappa shape index (κ1) is 125. The second-order valence-electron chi connectivity index (χ2n) is 37.1. The number of carbonyl (C=O) groups is 4. The molecule has 0 N–H and O–H groups in total. The number of rotatable bonds is 94. The van der Waals surface area contributed by atoms with Crippen LogP contribution in [-0.4, -0.2) is 114 Å². The summed E-state index contributed by atoms with van der Waals surface area (Å²) in [6, 6.07) is 6.26. The van der Waals surface area contributed by atoms with E-state index in [-0.39, 0.29) is 86.4 Å². The van der Waals surface area contributed by atoms with E-state index < -0.39 is 53.9 Å². The average Bonchev–Trinajstić information content (AvgIpc) is 0.812. The molecule has 0 radical (unpaired) electrons. The van der Waals surface area contributed by atoms with Crippen molar-refractivity contribution in [1.29, 1.82) is 0 Å². The van der Waals surface area contributed by atoms with Crippen LogP contribution in [0.1, 0.15) is 583 Å². The molecule has 129 heavy (non-hydrogen) atoms. The van der Waals surface area contributed by atoms with Gasteiger partial charge >= 0.3 is 61.6 Å². The van der Waals surface area contributed by atoms with E-state index in [4.69, 9.17) is 18.9 Å². The molecular weight excluding hydrogens is 1670 g/mol. The summed E-state index contributed by atoms with van der Waals surface area (Å²) in [4.78, 5) is 50.7. The Morgan fingerprint density at radius 2 is 0.341 bits per heavy atom. The maximum atomic E-state index is 13.0. The average molecular weight is 1870 g/mol. The predicted octanol–water partition coefficient (Wildman–Crippen LogP) is 34.9. The van der Waals surface area contributed by atoms with Crippen molar-refractivity contribution in [1.82, 2.24) is 0 Å². The van der Waals surface area contributed by atoms with Gasteiger partial charge in [-0.05, 0) is 190 Å². The largest absolute Gasteiger partial charge is 2.00 e. The van der Waals surface area contributed by atoms with Crippen LogP contribution >= 0.6 is 0 Å². The molecule has 2 rings (SSSR count). The summed E-state index contributed by atoms with van der Waals surface area (Å²) in [6.45, 7) is 9.76. The van der Waals surface area contributed by atoms with Crippen LogP contribution in [0.2, 0.25) is 0 Å².